The first-order valence-corrected chi connectivity index (χ1v) is 8.26. The highest BCUT2D eigenvalue weighted by molar-refractivity contribution is 7.92. The Kier molecular flexibility index (Phi) is 4.23. The van der Waals surface area contributed by atoms with Gasteiger partial charge < -0.3 is 5.73 Å². The molecule has 0 aliphatic heterocycles. The second-order valence-corrected chi connectivity index (χ2v) is 6.87. The Morgan fingerprint density at radius 1 is 1.05 bits per heavy atom. The minimum Gasteiger partial charge on any atom is -0.399 e. The van der Waals surface area contributed by atoms with E-state index in [0.717, 1.165) is 11.1 Å². The van der Waals surface area contributed by atoms with Gasteiger partial charge in [0.2, 0.25) is 0 Å². The maximum absolute atomic E-state index is 12.8. The van der Waals surface area contributed by atoms with Gasteiger partial charge in [-0.2, -0.15) is 0 Å². The van der Waals surface area contributed by atoms with Crippen LogP contribution in [0.25, 0.3) is 0 Å². The van der Waals surface area contributed by atoms with E-state index in [2.05, 4.69) is 0 Å². The summed E-state index contributed by atoms with van der Waals surface area (Å²) in [6.45, 7) is 6.02. The molecule has 0 heterocycles. The molecule has 0 saturated heterocycles. The molecule has 2 rings (SSSR count). The van der Waals surface area contributed by atoms with Crippen LogP contribution in [0.1, 0.15) is 18.1 Å². The van der Waals surface area contributed by atoms with Crippen molar-refractivity contribution in [3.05, 3.63) is 53.6 Å². The van der Waals surface area contributed by atoms with Gasteiger partial charge in [-0.15, -0.1) is 0 Å². The van der Waals surface area contributed by atoms with Gasteiger partial charge >= 0.3 is 0 Å². The van der Waals surface area contributed by atoms with Crippen LogP contribution < -0.4 is 10.0 Å². The molecule has 0 saturated carbocycles. The SMILES string of the molecule is CCN(c1cccc(N)c1)S(=O)(=O)c1ccc(C)c(C)c1. The third-order valence-electron chi connectivity index (χ3n) is 3.51. The zero-order chi connectivity index (χ0) is 15.6. The molecular weight excluding hydrogens is 284 g/mol. The van der Waals surface area contributed by atoms with Gasteiger partial charge in [-0.3, -0.25) is 4.31 Å². The van der Waals surface area contributed by atoms with Crippen molar-refractivity contribution in [1.29, 1.82) is 0 Å². The van der Waals surface area contributed by atoms with Crippen LogP contribution in [0.2, 0.25) is 0 Å². The molecule has 21 heavy (non-hydrogen) atoms. The standard InChI is InChI=1S/C16H20N2O2S/c1-4-18(15-7-5-6-14(17)11-15)21(19,20)16-9-8-12(2)13(3)10-16/h5-11H,4,17H2,1-3H3. The first kappa shape index (κ1) is 15.4. The lowest BCUT2D eigenvalue weighted by molar-refractivity contribution is 0.592. The van der Waals surface area contributed by atoms with Gasteiger partial charge in [0.05, 0.1) is 10.6 Å². The number of nitrogens with zero attached hydrogens (tertiary/aromatic N) is 1. The van der Waals surface area contributed by atoms with Crippen molar-refractivity contribution >= 4 is 21.4 Å². The number of sulfonamides is 1. The van der Waals surface area contributed by atoms with Crippen LogP contribution >= 0.6 is 0 Å². The maximum Gasteiger partial charge on any atom is 0.264 e. The molecule has 2 aromatic carbocycles. The molecule has 0 aromatic heterocycles. The first-order chi connectivity index (χ1) is 9.86. The van der Waals surface area contributed by atoms with Crippen molar-refractivity contribution < 1.29 is 8.42 Å². The van der Waals surface area contributed by atoms with Crippen molar-refractivity contribution in [2.75, 3.05) is 16.6 Å². The number of nitrogens with two attached hydrogens (primary N) is 1. The Morgan fingerprint density at radius 2 is 1.76 bits per heavy atom. The predicted octanol–water partition coefficient (Wildman–Crippen LogP) is 3.10. The van der Waals surface area contributed by atoms with E-state index in [1.54, 1.807) is 36.4 Å². The number of aryl methyl sites for hydroxylation is 2. The molecule has 0 amide bonds. The zero-order valence-corrected chi connectivity index (χ0v) is 13.3. The summed E-state index contributed by atoms with van der Waals surface area (Å²) in [5.74, 6) is 0. The summed E-state index contributed by atoms with van der Waals surface area (Å²) in [5.41, 5.74) is 8.91. The highest BCUT2D eigenvalue weighted by atomic mass is 32.2. The Labute approximate surface area is 126 Å². The summed E-state index contributed by atoms with van der Waals surface area (Å²) in [6, 6.07) is 12.1. The summed E-state index contributed by atoms with van der Waals surface area (Å²) >= 11 is 0. The van der Waals surface area contributed by atoms with Crippen LogP contribution in [0.15, 0.2) is 47.4 Å². The van der Waals surface area contributed by atoms with Gasteiger partial charge in [-0.1, -0.05) is 12.1 Å². The van der Waals surface area contributed by atoms with E-state index in [4.69, 9.17) is 5.73 Å². The third-order valence-corrected chi connectivity index (χ3v) is 5.41. The Morgan fingerprint density at radius 3 is 2.33 bits per heavy atom. The van der Waals surface area contributed by atoms with Gasteiger partial charge in [0.1, 0.15) is 0 Å². The van der Waals surface area contributed by atoms with Gasteiger partial charge in [0.15, 0.2) is 0 Å². The summed E-state index contributed by atoms with van der Waals surface area (Å²) in [5, 5.41) is 0. The number of nitrogen functional groups attached to an aromatic ring is 1. The quantitative estimate of drug-likeness (QED) is 0.883. The summed E-state index contributed by atoms with van der Waals surface area (Å²) in [4.78, 5) is 0.301. The van der Waals surface area contributed by atoms with Crippen molar-refractivity contribution in [3.8, 4) is 0 Å². The monoisotopic (exact) mass is 304 g/mol. The zero-order valence-electron chi connectivity index (χ0n) is 12.5. The summed E-state index contributed by atoms with van der Waals surface area (Å²) in [7, 11) is -3.58. The van der Waals surface area contributed by atoms with Crippen LogP contribution in [0, 0.1) is 13.8 Å². The number of anilines is 2. The molecule has 5 heteroatoms. The Bertz CT molecular complexity index is 755. The fourth-order valence-corrected chi connectivity index (χ4v) is 3.72. The largest absolute Gasteiger partial charge is 0.399 e. The highest BCUT2D eigenvalue weighted by Crippen LogP contribution is 2.26. The van der Waals surface area contributed by atoms with E-state index < -0.39 is 10.0 Å². The summed E-state index contributed by atoms with van der Waals surface area (Å²) in [6.07, 6.45) is 0. The molecule has 0 aliphatic carbocycles. The molecule has 0 aliphatic rings. The van der Waals surface area contributed by atoms with Crippen molar-refractivity contribution in [3.63, 3.8) is 0 Å². The lowest BCUT2D eigenvalue weighted by Gasteiger charge is -2.23. The van der Waals surface area contributed by atoms with E-state index in [1.165, 1.54) is 4.31 Å². The van der Waals surface area contributed by atoms with Gasteiger partial charge in [0.25, 0.3) is 10.0 Å². The summed E-state index contributed by atoms with van der Waals surface area (Å²) < 4.78 is 27.0. The van der Waals surface area contributed by atoms with E-state index in [9.17, 15) is 8.42 Å². The van der Waals surface area contributed by atoms with Crippen LogP contribution in [-0.4, -0.2) is 15.0 Å². The van der Waals surface area contributed by atoms with Crippen molar-refractivity contribution in [2.24, 2.45) is 0 Å². The fraction of sp³-hybridized carbons (Fsp3) is 0.250. The van der Waals surface area contributed by atoms with Crippen LogP contribution in [0.4, 0.5) is 11.4 Å². The normalized spacial score (nSPS) is 11.4. The van der Waals surface area contributed by atoms with Crippen LogP contribution in [-0.2, 0) is 10.0 Å². The van der Waals surface area contributed by atoms with E-state index >= 15 is 0 Å². The Balaban J connectivity index is 2.51. The van der Waals surface area contributed by atoms with E-state index in [0.29, 0.717) is 22.8 Å². The molecule has 0 atom stereocenters. The molecule has 0 fully saturated rings. The molecule has 0 unspecified atom stereocenters. The molecule has 2 N–H and O–H groups in total. The third kappa shape index (κ3) is 3.03. The second kappa shape index (κ2) is 5.77. The fourth-order valence-electron chi connectivity index (χ4n) is 2.17. The number of hydrogen-bond acceptors (Lipinski definition) is 3. The number of benzene rings is 2. The lowest BCUT2D eigenvalue weighted by Crippen LogP contribution is -2.30. The van der Waals surface area contributed by atoms with Gasteiger partial charge in [-0.25, -0.2) is 8.42 Å². The average Bonchev–Trinajstić information content (AvgIpc) is 2.42. The lowest BCUT2D eigenvalue weighted by atomic mass is 10.1. The highest BCUT2D eigenvalue weighted by Gasteiger charge is 2.23. The maximum atomic E-state index is 12.8. The van der Waals surface area contributed by atoms with E-state index in [-0.39, 0.29) is 0 Å². The molecule has 0 spiro atoms. The molecule has 4 nitrogen and oxygen atoms in total. The van der Waals surface area contributed by atoms with E-state index in [1.807, 2.05) is 26.8 Å². The number of rotatable bonds is 4. The molecular formula is C16H20N2O2S. The molecule has 0 bridgehead atoms. The number of hydrogen-bond donors (Lipinski definition) is 1. The molecule has 2 aromatic rings. The van der Waals surface area contributed by atoms with Crippen molar-refractivity contribution in [2.45, 2.75) is 25.7 Å². The van der Waals surface area contributed by atoms with Crippen molar-refractivity contribution in [1.82, 2.24) is 0 Å². The van der Waals surface area contributed by atoms with Crippen LogP contribution in [0.5, 0.6) is 0 Å². The van der Waals surface area contributed by atoms with Gasteiger partial charge in [-0.05, 0) is 62.2 Å². The van der Waals surface area contributed by atoms with Crippen LogP contribution in [0.3, 0.4) is 0 Å². The molecule has 112 valence electrons. The van der Waals surface area contributed by atoms with Gasteiger partial charge in [0, 0.05) is 12.2 Å². The predicted molar refractivity (Wildman–Crippen MR) is 87.0 cm³/mol. The minimum absolute atomic E-state index is 0.301. The Hall–Kier alpha value is -2.01. The smallest absolute Gasteiger partial charge is 0.264 e. The average molecular weight is 304 g/mol. The topological polar surface area (TPSA) is 63.4 Å². The minimum atomic E-state index is -3.58. The first-order valence-electron chi connectivity index (χ1n) is 6.82. The molecule has 0 radical (unpaired) electrons. The second-order valence-electron chi connectivity index (χ2n) is 5.01.